The van der Waals surface area contributed by atoms with Crippen LogP contribution in [0.3, 0.4) is 0 Å². The Labute approximate surface area is 100 Å². The first-order valence-corrected chi connectivity index (χ1v) is 6.81. The van der Waals surface area contributed by atoms with Crippen molar-refractivity contribution in [1.29, 1.82) is 0 Å². The Hall–Kier alpha value is -0.120. The molecule has 3 nitrogen and oxygen atoms in total. The number of hydrogen-bond acceptors (Lipinski definition) is 3. The molecule has 3 N–H and O–H groups in total. The second kappa shape index (κ2) is 7.25. The van der Waals surface area contributed by atoms with E-state index >= 15 is 0 Å². The Kier molecular flexibility index (Phi) is 6.32. The van der Waals surface area contributed by atoms with Crippen LogP contribution < -0.4 is 5.73 Å². The zero-order chi connectivity index (χ0) is 12.0. The van der Waals surface area contributed by atoms with Crippen molar-refractivity contribution in [3.8, 4) is 0 Å². The maximum atomic E-state index is 9.36. The number of nitrogens with two attached hydrogens (primary N) is 1. The van der Waals surface area contributed by atoms with Crippen molar-refractivity contribution in [2.24, 2.45) is 5.73 Å². The van der Waals surface area contributed by atoms with E-state index in [9.17, 15) is 5.11 Å². The van der Waals surface area contributed by atoms with Crippen molar-refractivity contribution >= 4 is 0 Å². The summed E-state index contributed by atoms with van der Waals surface area (Å²) in [7, 11) is 0. The third-order valence-electron chi connectivity index (χ3n) is 3.60. The molecule has 0 amide bonds. The van der Waals surface area contributed by atoms with Crippen LogP contribution in [0.5, 0.6) is 0 Å². The lowest BCUT2D eigenvalue weighted by molar-refractivity contribution is 0.113. The molecule has 16 heavy (non-hydrogen) atoms. The second-order valence-electron chi connectivity index (χ2n) is 5.24. The molecule has 1 rings (SSSR count). The fourth-order valence-corrected chi connectivity index (χ4v) is 2.58. The molecule has 0 saturated heterocycles. The van der Waals surface area contributed by atoms with Crippen LogP contribution in [0.4, 0.5) is 0 Å². The summed E-state index contributed by atoms with van der Waals surface area (Å²) in [5, 5.41) is 9.36. The molecule has 0 aromatic rings. The van der Waals surface area contributed by atoms with Crippen LogP contribution >= 0.6 is 0 Å². The van der Waals surface area contributed by atoms with Gasteiger partial charge in [-0.2, -0.15) is 0 Å². The summed E-state index contributed by atoms with van der Waals surface area (Å²) in [6, 6.07) is 1.13. The van der Waals surface area contributed by atoms with Gasteiger partial charge in [0.05, 0.1) is 6.10 Å². The number of nitrogens with zero attached hydrogens (tertiary/aromatic N) is 1. The average Bonchev–Trinajstić information content (AvgIpc) is 2.25. The summed E-state index contributed by atoms with van der Waals surface area (Å²) in [4.78, 5) is 2.55. The van der Waals surface area contributed by atoms with Gasteiger partial charge in [0.2, 0.25) is 0 Å². The maximum Gasteiger partial charge on any atom is 0.0524 e. The van der Waals surface area contributed by atoms with E-state index < -0.39 is 0 Å². The largest absolute Gasteiger partial charge is 0.393 e. The fraction of sp³-hybridized carbons (Fsp3) is 1.00. The minimum atomic E-state index is -0.176. The SMILES string of the molecule is CCCN(CCC(C)O)C1CCC(N)CC1. The van der Waals surface area contributed by atoms with E-state index in [-0.39, 0.29) is 6.10 Å². The van der Waals surface area contributed by atoms with Crippen molar-refractivity contribution in [2.45, 2.75) is 70.6 Å². The number of rotatable bonds is 6. The van der Waals surface area contributed by atoms with Gasteiger partial charge in [-0.3, -0.25) is 0 Å². The van der Waals surface area contributed by atoms with Gasteiger partial charge in [0.1, 0.15) is 0 Å². The normalized spacial score (nSPS) is 28.3. The molecule has 1 fully saturated rings. The van der Waals surface area contributed by atoms with Crippen molar-refractivity contribution in [1.82, 2.24) is 4.90 Å². The highest BCUT2D eigenvalue weighted by Gasteiger charge is 2.23. The lowest BCUT2D eigenvalue weighted by Crippen LogP contribution is -2.42. The molecule has 0 heterocycles. The second-order valence-corrected chi connectivity index (χ2v) is 5.24. The monoisotopic (exact) mass is 228 g/mol. The van der Waals surface area contributed by atoms with E-state index in [0.29, 0.717) is 12.1 Å². The molecule has 0 spiro atoms. The molecule has 0 radical (unpaired) electrons. The Morgan fingerprint density at radius 3 is 2.38 bits per heavy atom. The predicted molar refractivity (Wildman–Crippen MR) is 68.4 cm³/mol. The van der Waals surface area contributed by atoms with E-state index in [2.05, 4.69) is 11.8 Å². The summed E-state index contributed by atoms with van der Waals surface area (Å²) < 4.78 is 0. The summed E-state index contributed by atoms with van der Waals surface area (Å²) in [6.45, 7) is 6.29. The van der Waals surface area contributed by atoms with Gasteiger partial charge < -0.3 is 15.7 Å². The van der Waals surface area contributed by atoms with Gasteiger partial charge in [0, 0.05) is 18.6 Å². The first kappa shape index (κ1) is 13.9. The van der Waals surface area contributed by atoms with Crippen molar-refractivity contribution in [2.75, 3.05) is 13.1 Å². The summed E-state index contributed by atoms with van der Waals surface area (Å²) in [5.74, 6) is 0. The minimum Gasteiger partial charge on any atom is -0.393 e. The van der Waals surface area contributed by atoms with Gasteiger partial charge in [-0.05, 0) is 52.0 Å². The zero-order valence-corrected chi connectivity index (χ0v) is 10.9. The van der Waals surface area contributed by atoms with Crippen LogP contribution in [0.1, 0.15) is 52.4 Å². The molecular formula is C13H28N2O. The third kappa shape index (κ3) is 4.81. The van der Waals surface area contributed by atoms with E-state index in [1.165, 1.54) is 32.1 Å². The van der Waals surface area contributed by atoms with Gasteiger partial charge in [-0.1, -0.05) is 6.92 Å². The Morgan fingerprint density at radius 1 is 1.25 bits per heavy atom. The van der Waals surface area contributed by atoms with E-state index in [4.69, 9.17) is 5.73 Å². The lowest BCUT2D eigenvalue weighted by Gasteiger charge is -2.36. The standard InChI is InChI=1S/C13H28N2O/c1-3-9-15(10-8-11(2)16)13-6-4-12(14)5-7-13/h11-13,16H,3-10,14H2,1-2H3. The number of hydrogen-bond donors (Lipinski definition) is 2. The van der Waals surface area contributed by atoms with Crippen molar-refractivity contribution in [3.05, 3.63) is 0 Å². The Bertz CT molecular complexity index is 177. The molecule has 96 valence electrons. The van der Waals surface area contributed by atoms with Gasteiger partial charge in [0.15, 0.2) is 0 Å². The molecular weight excluding hydrogens is 200 g/mol. The highest BCUT2D eigenvalue weighted by Crippen LogP contribution is 2.22. The topological polar surface area (TPSA) is 49.5 Å². The Balaban J connectivity index is 2.36. The van der Waals surface area contributed by atoms with Crippen molar-refractivity contribution in [3.63, 3.8) is 0 Å². The predicted octanol–water partition coefficient (Wildman–Crippen LogP) is 1.74. The Morgan fingerprint density at radius 2 is 1.88 bits per heavy atom. The lowest BCUT2D eigenvalue weighted by atomic mass is 9.90. The van der Waals surface area contributed by atoms with Crippen LogP contribution in [0.15, 0.2) is 0 Å². The maximum absolute atomic E-state index is 9.36. The molecule has 0 aromatic heterocycles. The first-order chi connectivity index (χ1) is 7.63. The van der Waals surface area contributed by atoms with Crippen molar-refractivity contribution < 1.29 is 5.11 Å². The van der Waals surface area contributed by atoms with E-state index in [1.807, 2.05) is 6.92 Å². The molecule has 1 atom stereocenters. The van der Waals surface area contributed by atoms with Gasteiger partial charge in [-0.25, -0.2) is 0 Å². The molecule has 1 unspecified atom stereocenters. The molecule has 0 bridgehead atoms. The summed E-state index contributed by atoms with van der Waals surface area (Å²) >= 11 is 0. The quantitative estimate of drug-likeness (QED) is 0.728. The minimum absolute atomic E-state index is 0.176. The van der Waals surface area contributed by atoms with Crippen LogP contribution in [-0.2, 0) is 0 Å². The fourth-order valence-electron chi connectivity index (χ4n) is 2.58. The van der Waals surface area contributed by atoms with Crippen LogP contribution in [0.2, 0.25) is 0 Å². The summed E-state index contributed by atoms with van der Waals surface area (Å²) in [6.07, 6.45) is 6.72. The first-order valence-electron chi connectivity index (χ1n) is 6.81. The average molecular weight is 228 g/mol. The highest BCUT2D eigenvalue weighted by molar-refractivity contribution is 4.81. The smallest absolute Gasteiger partial charge is 0.0524 e. The van der Waals surface area contributed by atoms with Gasteiger partial charge in [0.25, 0.3) is 0 Å². The van der Waals surface area contributed by atoms with E-state index in [0.717, 1.165) is 19.5 Å². The number of aliphatic hydroxyl groups is 1. The summed E-state index contributed by atoms with van der Waals surface area (Å²) in [5.41, 5.74) is 5.93. The molecule has 1 saturated carbocycles. The highest BCUT2D eigenvalue weighted by atomic mass is 16.3. The van der Waals surface area contributed by atoms with Crippen LogP contribution in [-0.4, -0.2) is 41.3 Å². The van der Waals surface area contributed by atoms with E-state index in [1.54, 1.807) is 0 Å². The molecule has 3 heteroatoms. The molecule has 0 aliphatic heterocycles. The van der Waals surface area contributed by atoms with Gasteiger partial charge in [-0.15, -0.1) is 0 Å². The zero-order valence-electron chi connectivity index (χ0n) is 10.9. The van der Waals surface area contributed by atoms with Gasteiger partial charge >= 0.3 is 0 Å². The number of aliphatic hydroxyl groups excluding tert-OH is 1. The molecule has 0 aromatic carbocycles. The van der Waals surface area contributed by atoms with Crippen LogP contribution in [0.25, 0.3) is 0 Å². The van der Waals surface area contributed by atoms with Crippen LogP contribution in [0, 0.1) is 0 Å². The molecule has 1 aliphatic rings. The third-order valence-corrected chi connectivity index (χ3v) is 3.60. The molecule has 1 aliphatic carbocycles.